The molecule has 1 aliphatic heterocycles. The Morgan fingerprint density at radius 2 is 1.95 bits per heavy atom. The van der Waals surface area contributed by atoms with Gasteiger partial charge in [-0.2, -0.15) is 0 Å². The number of hydrogen-bond donors (Lipinski definition) is 0. The van der Waals surface area contributed by atoms with Crippen LogP contribution in [0.4, 0.5) is 4.39 Å². The molecular formula is C17H12FNO2. The summed E-state index contributed by atoms with van der Waals surface area (Å²) < 4.78 is 24.9. The topological polar surface area (TPSA) is 31.4 Å². The molecule has 2 aromatic carbocycles. The third kappa shape index (κ3) is 1.83. The minimum atomic E-state index is -0.274. The number of hydrogen-bond acceptors (Lipinski definition) is 3. The van der Waals surface area contributed by atoms with Crippen LogP contribution in [-0.2, 0) is 0 Å². The van der Waals surface area contributed by atoms with Crippen molar-refractivity contribution in [1.82, 2.24) is 4.98 Å². The molecule has 0 bridgehead atoms. The second kappa shape index (κ2) is 4.45. The van der Waals surface area contributed by atoms with Crippen molar-refractivity contribution < 1.29 is 13.9 Å². The number of rotatable bonds is 1. The van der Waals surface area contributed by atoms with E-state index >= 15 is 0 Å². The number of ether oxygens (including phenoxy) is 2. The van der Waals surface area contributed by atoms with E-state index in [4.69, 9.17) is 9.47 Å². The van der Waals surface area contributed by atoms with E-state index in [1.807, 2.05) is 25.1 Å². The summed E-state index contributed by atoms with van der Waals surface area (Å²) in [5.74, 6) is 1.17. The van der Waals surface area contributed by atoms with Crippen molar-refractivity contribution in [2.45, 2.75) is 6.92 Å². The molecule has 3 aromatic rings. The highest BCUT2D eigenvalue weighted by Crippen LogP contribution is 2.41. The van der Waals surface area contributed by atoms with E-state index in [9.17, 15) is 4.39 Å². The first-order valence-electron chi connectivity index (χ1n) is 6.69. The van der Waals surface area contributed by atoms with Crippen molar-refractivity contribution in [3.63, 3.8) is 0 Å². The summed E-state index contributed by atoms with van der Waals surface area (Å²) in [7, 11) is 0. The van der Waals surface area contributed by atoms with Crippen LogP contribution in [0.2, 0.25) is 0 Å². The van der Waals surface area contributed by atoms with Crippen LogP contribution in [0.3, 0.4) is 0 Å². The average molecular weight is 281 g/mol. The van der Waals surface area contributed by atoms with Crippen molar-refractivity contribution in [2.24, 2.45) is 0 Å². The third-order valence-electron chi connectivity index (χ3n) is 3.66. The van der Waals surface area contributed by atoms with E-state index in [2.05, 4.69) is 4.98 Å². The van der Waals surface area contributed by atoms with Crippen LogP contribution in [-0.4, -0.2) is 11.8 Å². The lowest BCUT2D eigenvalue weighted by Gasteiger charge is -2.09. The van der Waals surface area contributed by atoms with Crippen molar-refractivity contribution in [3.05, 3.63) is 53.8 Å². The standard InChI is InChI=1S/C17H12FNO2/c1-10-8-14(11-4-2-3-5-12(11)18)19-13-6-7-15-17(16(10)13)21-9-20-15/h2-8H,9H2,1H3. The molecule has 21 heavy (non-hydrogen) atoms. The number of pyridine rings is 1. The predicted octanol–water partition coefficient (Wildman–Crippen LogP) is 4.08. The zero-order chi connectivity index (χ0) is 14.4. The monoisotopic (exact) mass is 281 g/mol. The smallest absolute Gasteiger partial charge is 0.231 e. The maximum atomic E-state index is 13.9. The van der Waals surface area contributed by atoms with Crippen molar-refractivity contribution in [3.8, 4) is 22.8 Å². The third-order valence-corrected chi connectivity index (χ3v) is 3.66. The van der Waals surface area contributed by atoms with Crippen molar-refractivity contribution in [1.29, 1.82) is 0 Å². The average Bonchev–Trinajstić information content (AvgIpc) is 2.95. The predicted molar refractivity (Wildman–Crippen MR) is 78.0 cm³/mol. The first kappa shape index (κ1) is 12.1. The van der Waals surface area contributed by atoms with Gasteiger partial charge < -0.3 is 9.47 Å². The van der Waals surface area contributed by atoms with Crippen LogP contribution in [0.1, 0.15) is 5.56 Å². The largest absolute Gasteiger partial charge is 0.454 e. The Kier molecular flexibility index (Phi) is 2.57. The van der Waals surface area contributed by atoms with Crippen LogP contribution in [0.25, 0.3) is 22.2 Å². The Morgan fingerprint density at radius 3 is 2.81 bits per heavy atom. The summed E-state index contributed by atoms with van der Waals surface area (Å²) in [5.41, 5.74) is 2.88. The summed E-state index contributed by atoms with van der Waals surface area (Å²) in [4.78, 5) is 4.57. The highest BCUT2D eigenvalue weighted by Gasteiger charge is 2.19. The Morgan fingerprint density at radius 1 is 1.10 bits per heavy atom. The molecule has 1 aromatic heterocycles. The molecular weight excluding hydrogens is 269 g/mol. The number of aryl methyl sites for hydroxylation is 1. The number of fused-ring (bicyclic) bond motifs is 3. The first-order valence-corrected chi connectivity index (χ1v) is 6.69. The van der Waals surface area contributed by atoms with Gasteiger partial charge in [0.15, 0.2) is 11.5 Å². The second-order valence-electron chi connectivity index (χ2n) is 5.00. The summed E-state index contributed by atoms with van der Waals surface area (Å²) in [6, 6.07) is 12.2. The lowest BCUT2D eigenvalue weighted by Crippen LogP contribution is -1.94. The van der Waals surface area contributed by atoms with Crippen molar-refractivity contribution >= 4 is 10.9 Å². The fourth-order valence-electron chi connectivity index (χ4n) is 2.68. The van der Waals surface area contributed by atoms with E-state index < -0.39 is 0 Å². The van der Waals surface area contributed by atoms with Gasteiger partial charge in [0.2, 0.25) is 6.79 Å². The summed E-state index contributed by atoms with van der Waals surface area (Å²) in [6.45, 7) is 2.19. The van der Waals surface area contributed by atoms with Gasteiger partial charge in [0.25, 0.3) is 0 Å². The Hall–Kier alpha value is -2.62. The summed E-state index contributed by atoms with van der Waals surface area (Å²) in [6.07, 6.45) is 0. The zero-order valence-corrected chi connectivity index (χ0v) is 11.4. The van der Waals surface area contributed by atoms with Gasteiger partial charge in [0.05, 0.1) is 11.2 Å². The summed E-state index contributed by atoms with van der Waals surface area (Å²) >= 11 is 0. The zero-order valence-electron chi connectivity index (χ0n) is 11.4. The lowest BCUT2D eigenvalue weighted by atomic mass is 10.0. The molecule has 1 aliphatic rings. The molecule has 0 unspecified atom stereocenters. The number of nitrogens with zero attached hydrogens (tertiary/aromatic N) is 1. The normalized spacial score (nSPS) is 12.9. The van der Waals surface area contributed by atoms with Crippen LogP contribution in [0, 0.1) is 12.7 Å². The van der Waals surface area contributed by atoms with E-state index in [1.54, 1.807) is 18.2 Å². The highest BCUT2D eigenvalue weighted by molar-refractivity contribution is 5.92. The molecule has 3 nitrogen and oxygen atoms in total. The van der Waals surface area contributed by atoms with Gasteiger partial charge in [-0.15, -0.1) is 0 Å². The minimum Gasteiger partial charge on any atom is -0.454 e. The molecule has 0 aliphatic carbocycles. The van der Waals surface area contributed by atoms with Crippen molar-refractivity contribution in [2.75, 3.05) is 6.79 Å². The van der Waals surface area contributed by atoms with Gasteiger partial charge in [0.1, 0.15) is 5.82 Å². The minimum absolute atomic E-state index is 0.225. The van der Waals surface area contributed by atoms with E-state index in [0.717, 1.165) is 28.0 Å². The fourth-order valence-corrected chi connectivity index (χ4v) is 2.68. The van der Waals surface area contributed by atoms with Gasteiger partial charge in [-0.25, -0.2) is 9.37 Å². The molecule has 4 heteroatoms. The lowest BCUT2D eigenvalue weighted by molar-refractivity contribution is 0.175. The fraction of sp³-hybridized carbons (Fsp3) is 0.118. The van der Waals surface area contributed by atoms with E-state index in [0.29, 0.717) is 11.3 Å². The van der Waals surface area contributed by atoms with Crippen LogP contribution >= 0.6 is 0 Å². The SMILES string of the molecule is Cc1cc(-c2ccccc2F)nc2ccc3c(c12)OCO3. The van der Waals surface area contributed by atoms with Crippen LogP contribution in [0.5, 0.6) is 11.5 Å². The number of benzene rings is 2. The molecule has 0 radical (unpaired) electrons. The van der Waals surface area contributed by atoms with Gasteiger partial charge in [-0.1, -0.05) is 12.1 Å². The molecule has 0 fully saturated rings. The van der Waals surface area contributed by atoms with Gasteiger partial charge in [-0.05, 0) is 42.8 Å². The van der Waals surface area contributed by atoms with Gasteiger partial charge >= 0.3 is 0 Å². The maximum absolute atomic E-state index is 13.9. The second-order valence-corrected chi connectivity index (χ2v) is 5.00. The quantitative estimate of drug-likeness (QED) is 0.673. The van der Waals surface area contributed by atoms with Crippen LogP contribution in [0.15, 0.2) is 42.5 Å². The van der Waals surface area contributed by atoms with E-state index in [1.165, 1.54) is 6.07 Å². The van der Waals surface area contributed by atoms with Gasteiger partial charge in [-0.3, -0.25) is 0 Å². The molecule has 0 amide bonds. The number of aromatic nitrogens is 1. The number of halogens is 1. The molecule has 0 saturated heterocycles. The molecule has 0 spiro atoms. The molecule has 0 N–H and O–H groups in total. The maximum Gasteiger partial charge on any atom is 0.231 e. The summed E-state index contributed by atoms with van der Waals surface area (Å²) in [5, 5.41) is 0.921. The van der Waals surface area contributed by atoms with E-state index in [-0.39, 0.29) is 12.6 Å². The molecule has 4 rings (SSSR count). The Labute approximate surface area is 121 Å². The van der Waals surface area contributed by atoms with Crippen LogP contribution < -0.4 is 9.47 Å². The Bertz CT molecular complexity index is 861. The van der Waals surface area contributed by atoms with Gasteiger partial charge in [0, 0.05) is 10.9 Å². The molecule has 0 atom stereocenters. The molecule has 104 valence electrons. The first-order chi connectivity index (χ1) is 10.2. The molecule has 2 heterocycles. The molecule has 0 saturated carbocycles. The highest BCUT2D eigenvalue weighted by atomic mass is 19.1. The Balaban J connectivity index is 1.99.